The summed E-state index contributed by atoms with van der Waals surface area (Å²) in [4.78, 5) is 3.02. The molecule has 2 aromatic rings. The highest BCUT2D eigenvalue weighted by Gasteiger charge is 2.07. The second-order valence-electron chi connectivity index (χ2n) is 4.03. The van der Waals surface area contributed by atoms with Gasteiger partial charge in [0.05, 0.1) is 13.2 Å². The van der Waals surface area contributed by atoms with Gasteiger partial charge in [-0.05, 0) is 42.7 Å². The first-order valence-electron chi connectivity index (χ1n) is 5.74. The van der Waals surface area contributed by atoms with Crippen molar-refractivity contribution >= 4 is 0 Å². The predicted octanol–water partition coefficient (Wildman–Crippen LogP) is 2.69. The molecule has 2 N–H and O–H groups in total. The summed E-state index contributed by atoms with van der Waals surface area (Å²) in [5, 5.41) is 9.92. The van der Waals surface area contributed by atoms with Gasteiger partial charge >= 0.3 is 0 Å². The van der Waals surface area contributed by atoms with Crippen LogP contribution in [0.25, 0.3) is 0 Å². The lowest BCUT2D eigenvalue weighted by molar-refractivity contribution is 0.163. The molecular formula is C14H17NO2. The van der Waals surface area contributed by atoms with Gasteiger partial charge in [-0.2, -0.15) is 0 Å². The zero-order valence-corrected chi connectivity index (χ0v) is 9.89. The molecule has 0 aliphatic heterocycles. The number of aryl methyl sites for hydroxylation is 1. The highest BCUT2D eigenvalue weighted by molar-refractivity contribution is 5.27. The first-order chi connectivity index (χ1) is 8.29. The molecule has 0 radical (unpaired) electrons. The third-order valence-corrected chi connectivity index (χ3v) is 2.85. The maximum absolute atomic E-state index is 9.92. The summed E-state index contributed by atoms with van der Waals surface area (Å²) in [6.45, 7) is 0. The Balaban J connectivity index is 1.89. The van der Waals surface area contributed by atoms with Gasteiger partial charge in [0.15, 0.2) is 0 Å². The Kier molecular flexibility index (Phi) is 3.83. The predicted molar refractivity (Wildman–Crippen MR) is 67.1 cm³/mol. The van der Waals surface area contributed by atoms with Crippen LogP contribution in [0.15, 0.2) is 42.6 Å². The maximum atomic E-state index is 9.92. The normalized spacial score (nSPS) is 12.4. The molecule has 0 aliphatic carbocycles. The van der Waals surface area contributed by atoms with Crippen LogP contribution in [0.4, 0.5) is 0 Å². The highest BCUT2D eigenvalue weighted by Crippen LogP contribution is 2.18. The minimum Gasteiger partial charge on any atom is -0.497 e. The summed E-state index contributed by atoms with van der Waals surface area (Å²) in [7, 11) is 1.66. The number of rotatable bonds is 5. The van der Waals surface area contributed by atoms with Crippen molar-refractivity contribution in [3.63, 3.8) is 0 Å². The van der Waals surface area contributed by atoms with Crippen LogP contribution in [0.3, 0.4) is 0 Å². The van der Waals surface area contributed by atoms with E-state index in [1.807, 2.05) is 42.6 Å². The number of hydrogen-bond acceptors (Lipinski definition) is 2. The number of ether oxygens (including phenoxy) is 1. The lowest BCUT2D eigenvalue weighted by Gasteiger charge is -2.09. The summed E-state index contributed by atoms with van der Waals surface area (Å²) in [5.74, 6) is 0.860. The Labute approximate surface area is 101 Å². The SMILES string of the molecule is COc1ccc(CCC(O)c2ccc[nH]2)cc1. The summed E-state index contributed by atoms with van der Waals surface area (Å²) in [6.07, 6.45) is 2.97. The Hall–Kier alpha value is -1.74. The van der Waals surface area contributed by atoms with Gasteiger partial charge < -0.3 is 14.8 Å². The standard InChI is InChI=1S/C14H17NO2/c1-17-12-7-4-11(5-8-12)6-9-14(16)13-3-2-10-15-13/h2-5,7-8,10,14-16H,6,9H2,1H3. The molecule has 3 nitrogen and oxygen atoms in total. The topological polar surface area (TPSA) is 45.2 Å². The molecule has 1 atom stereocenters. The third kappa shape index (κ3) is 3.11. The van der Waals surface area contributed by atoms with E-state index in [2.05, 4.69) is 4.98 Å². The number of hydrogen-bond donors (Lipinski definition) is 2. The van der Waals surface area contributed by atoms with Crippen LogP contribution in [-0.4, -0.2) is 17.2 Å². The average Bonchev–Trinajstić information content (AvgIpc) is 2.90. The van der Waals surface area contributed by atoms with Crippen molar-refractivity contribution in [2.24, 2.45) is 0 Å². The van der Waals surface area contributed by atoms with Crippen molar-refractivity contribution in [1.82, 2.24) is 4.98 Å². The molecule has 0 bridgehead atoms. The molecule has 1 aromatic heterocycles. The molecule has 17 heavy (non-hydrogen) atoms. The number of nitrogens with one attached hydrogen (secondary N) is 1. The van der Waals surface area contributed by atoms with Crippen molar-refractivity contribution in [2.75, 3.05) is 7.11 Å². The molecule has 0 saturated carbocycles. The number of methoxy groups -OCH3 is 1. The first kappa shape index (κ1) is 11.7. The van der Waals surface area contributed by atoms with Crippen molar-refractivity contribution in [1.29, 1.82) is 0 Å². The molecule has 0 fully saturated rings. The van der Waals surface area contributed by atoms with Crippen molar-refractivity contribution < 1.29 is 9.84 Å². The Morgan fingerprint density at radius 3 is 2.59 bits per heavy atom. The Morgan fingerprint density at radius 1 is 1.24 bits per heavy atom. The second-order valence-corrected chi connectivity index (χ2v) is 4.03. The number of aromatic amines is 1. The summed E-state index contributed by atoms with van der Waals surface area (Å²) in [6, 6.07) is 11.7. The van der Waals surface area contributed by atoms with Gasteiger partial charge in [0.1, 0.15) is 5.75 Å². The number of aliphatic hydroxyl groups excluding tert-OH is 1. The number of H-pyrrole nitrogens is 1. The van der Waals surface area contributed by atoms with Crippen LogP contribution >= 0.6 is 0 Å². The molecule has 3 heteroatoms. The lowest BCUT2D eigenvalue weighted by Crippen LogP contribution is -1.99. The molecule has 1 heterocycles. The number of benzene rings is 1. The quantitative estimate of drug-likeness (QED) is 0.831. The van der Waals surface area contributed by atoms with Crippen molar-refractivity contribution in [2.45, 2.75) is 18.9 Å². The van der Waals surface area contributed by atoms with Crippen LogP contribution < -0.4 is 4.74 Å². The van der Waals surface area contributed by atoms with E-state index in [1.54, 1.807) is 7.11 Å². The van der Waals surface area contributed by atoms with Crippen molar-refractivity contribution in [3.8, 4) is 5.75 Å². The fourth-order valence-corrected chi connectivity index (χ4v) is 1.80. The molecule has 0 saturated heterocycles. The largest absolute Gasteiger partial charge is 0.497 e. The molecule has 0 spiro atoms. The molecule has 0 amide bonds. The molecular weight excluding hydrogens is 214 g/mol. The molecule has 2 rings (SSSR count). The zero-order valence-electron chi connectivity index (χ0n) is 9.89. The summed E-state index contributed by atoms with van der Waals surface area (Å²) in [5.41, 5.74) is 2.08. The summed E-state index contributed by atoms with van der Waals surface area (Å²) >= 11 is 0. The number of aromatic nitrogens is 1. The van der Waals surface area contributed by atoms with E-state index in [9.17, 15) is 5.11 Å². The monoisotopic (exact) mass is 231 g/mol. The van der Waals surface area contributed by atoms with Gasteiger partial charge in [0, 0.05) is 11.9 Å². The lowest BCUT2D eigenvalue weighted by atomic mass is 10.1. The fourth-order valence-electron chi connectivity index (χ4n) is 1.80. The molecule has 1 aromatic carbocycles. The maximum Gasteiger partial charge on any atom is 0.118 e. The summed E-state index contributed by atoms with van der Waals surface area (Å²) < 4.78 is 5.10. The Morgan fingerprint density at radius 2 is 2.00 bits per heavy atom. The van der Waals surface area contributed by atoms with Gasteiger partial charge in [0.2, 0.25) is 0 Å². The van der Waals surface area contributed by atoms with E-state index < -0.39 is 6.10 Å². The zero-order chi connectivity index (χ0) is 12.1. The Bertz CT molecular complexity index is 434. The fraction of sp³-hybridized carbons (Fsp3) is 0.286. The van der Waals surface area contributed by atoms with E-state index in [1.165, 1.54) is 5.56 Å². The average molecular weight is 231 g/mol. The van der Waals surface area contributed by atoms with Crippen LogP contribution in [0.2, 0.25) is 0 Å². The second kappa shape index (κ2) is 5.55. The minimum absolute atomic E-state index is 0.424. The smallest absolute Gasteiger partial charge is 0.118 e. The van der Waals surface area contributed by atoms with Crippen LogP contribution in [-0.2, 0) is 6.42 Å². The molecule has 0 aliphatic rings. The van der Waals surface area contributed by atoms with Crippen LogP contribution in [0.5, 0.6) is 5.75 Å². The van der Waals surface area contributed by atoms with E-state index in [0.29, 0.717) is 6.42 Å². The minimum atomic E-state index is -0.424. The van der Waals surface area contributed by atoms with Gasteiger partial charge in [-0.3, -0.25) is 0 Å². The third-order valence-electron chi connectivity index (χ3n) is 2.85. The van der Waals surface area contributed by atoms with Crippen LogP contribution in [0, 0.1) is 0 Å². The van der Waals surface area contributed by atoms with E-state index in [0.717, 1.165) is 17.9 Å². The van der Waals surface area contributed by atoms with E-state index >= 15 is 0 Å². The van der Waals surface area contributed by atoms with Gasteiger partial charge in [-0.1, -0.05) is 12.1 Å². The van der Waals surface area contributed by atoms with Crippen LogP contribution in [0.1, 0.15) is 23.8 Å². The first-order valence-corrected chi connectivity index (χ1v) is 5.74. The highest BCUT2D eigenvalue weighted by atomic mass is 16.5. The molecule has 1 unspecified atom stereocenters. The van der Waals surface area contributed by atoms with Gasteiger partial charge in [0.25, 0.3) is 0 Å². The van der Waals surface area contributed by atoms with E-state index in [4.69, 9.17) is 4.74 Å². The van der Waals surface area contributed by atoms with Gasteiger partial charge in [-0.25, -0.2) is 0 Å². The molecule has 90 valence electrons. The number of aliphatic hydroxyl groups is 1. The van der Waals surface area contributed by atoms with E-state index in [-0.39, 0.29) is 0 Å². The van der Waals surface area contributed by atoms with Crippen molar-refractivity contribution in [3.05, 3.63) is 53.9 Å². The van der Waals surface area contributed by atoms with Gasteiger partial charge in [-0.15, -0.1) is 0 Å².